The van der Waals surface area contributed by atoms with Gasteiger partial charge >= 0.3 is 6.03 Å². The van der Waals surface area contributed by atoms with E-state index in [1.807, 2.05) is 23.5 Å². The highest BCUT2D eigenvalue weighted by molar-refractivity contribution is 5.87. The van der Waals surface area contributed by atoms with E-state index >= 15 is 0 Å². The molecule has 2 amide bonds. The second-order valence-electron chi connectivity index (χ2n) is 6.26. The van der Waals surface area contributed by atoms with Crippen molar-refractivity contribution in [3.8, 4) is 0 Å². The number of carbonyl (C=O) groups is 1. The number of urea groups is 1. The van der Waals surface area contributed by atoms with Gasteiger partial charge in [-0.05, 0) is 31.7 Å². The normalized spacial score (nSPS) is 21.2. The average Bonchev–Trinajstić information content (AvgIpc) is 3.30. The topological polar surface area (TPSA) is 75.9 Å². The molecular formula is C16H20N6O. The van der Waals surface area contributed by atoms with Crippen LogP contribution in [0.4, 0.5) is 10.7 Å². The Balaban J connectivity index is 1.41. The standard InChI is InChI=1S/C16H20N6O/c23-16(20-15-18-6-5-14(19-15)12-3-4-12)21-8-1-2-13(10-21)22-9-7-17-11-22/h5-7,9,11-13H,1-4,8,10H2,(H,18,19,20,23). The highest BCUT2D eigenvalue weighted by Crippen LogP contribution is 2.38. The summed E-state index contributed by atoms with van der Waals surface area (Å²) < 4.78 is 2.07. The monoisotopic (exact) mass is 312 g/mol. The molecule has 1 N–H and O–H groups in total. The van der Waals surface area contributed by atoms with Gasteiger partial charge in [0, 0.05) is 43.3 Å². The SMILES string of the molecule is O=C(Nc1nccc(C2CC2)n1)N1CCCC(n2ccnc2)C1. The summed E-state index contributed by atoms with van der Waals surface area (Å²) >= 11 is 0. The summed E-state index contributed by atoms with van der Waals surface area (Å²) in [6.45, 7) is 1.45. The molecule has 7 nitrogen and oxygen atoms in total. The van der Waals surface area contributed by atoms with Gasteiger partial charge in [-0.1, -0.05) is 0 Å². The lowest BCUT2D eigenvalue weighted by molar-refractivity contribution is 0.178. The third-order valence-electron chi connectivity index (χ3n) is 4.52. The summed E-state index contributed by atoms with van der Waals surface area (Å²) in [6, 6.07) is 2.10. The van der Waals surface area contributed by atoms with Crippen LogP contribution in [0.1, 0.15) is 43.3 Å². The second-order valence-corrected chi connectivity index (χ2v) is 6.26. The van der Waals surface area contributed by atoms with Crippen LogP contribution in [-0.2, 0) is 0 Å². The molecule has 3 heterocycles. The van der Waals surface area contributed by atoms with Gasteiger partial charge in [0.05, 0.1) is 12.4 Å². The molecule has 0 bridgehead atoms. The van der Waals surface area contributed by atoms with Gasteiger partial charge in [-0.2, -0.15) is 0 Å². The molecule has 23 heavy (non-hydrogen) atoms. The molecule has 1 saturated carbocycles. The van der Waals surface area contributed by atoms with Gasteiger partial charge in [-0.15, -0.1) is 0 Å². The van der Waals surface area contributed by atoms with Crippen LogP contribution in [0, 0.1) is 0 Å². The maximum Gasteiger partial charge on any atom is 0.324 e. The number of imidazole rings is 1. The van der Waals surface area contributed by atoms with E-state index in [4.69, 9.17) is 0 Å². The molecule has 4 rings (SSSR count). The van der Waals surface area contributed by atoms with E-state index in [-0.39, 0.29) is 12.1 Å². The van der Waals surface area contributed by atoms with Crippen molar-refractivity contribution >= 4 is 12.0 Å². The molecule has 1 saturated heterocycles. The zero-order chi connectivity index (χ0) is 15.6. The molecule has 1 unspecified atom stereocenters. The number of piperidine rings is 1. The fourth-order valence-electron chi connectivity index (χ4n) is 3.08. The third-order valence-corrected chi connectivity index (χ3v) is 4.52. The lowest BCUT2D eigenvalue weighted by Gasteiger charge is -2.33. The number of hydrogen-bond acceptors (Lipinski definition) is 4. The van der Waals surface area contributed by atoms with Crippen LogP contribution >= 0.6 is 0 Å². The van der Waals surface area contributed by atoms with Gasteiger partial charge in [0.1, 0.15) is 0 Å². The summed E-state index contributed by atoms with van der Waals surface area (Å²) in [5, 5.41) is 2.84. The van der Waals surface area contributed by atoms with Gasteiger partial charge in [0.15, 0.2) is 0 Å². The molecule has 2 aromatic heterocycles. The van der Waals surface area contributed by atoms with E-state index in [2.05, 4.69) is 24.8 Å². The van der Waals surface area contributed by atoms with Crippen LogP contribution in [0.15, 0.2) is 31.0 Å². The van der Waals surface area contributed by atoms with Gasteiger partial charge in [0.25, 0.3) is 0 Å². The Kier molecular flexibility index (Phi) is 3.69. The number of likely N-dealkylation sites (tertiary alicyclic amines) is 1. The molecule has 120 valence electrons. The Hall–Kier alpha value is -2.44. The van der Waals surface area contributed by atoms with Crippen molar-refractivity contribution in [2.75, 3.05) is 18.4 Å². The lowest BCUT2D eigenvalue weighted by Crippen LogP contribution is -2.43. The average molecular weight is 312 g/mol. The quantitative estimate of drug-likeness (QED) is 0.944. The number of anilines is 1. The minimum Gasteiger partial charge on any atom is -0.333 e. The van der Waals surface area contributed by atoms with Crippen molar-refractivity contribution in [2.45, 2.75) is 37.6 Å². The molecule has 2 aliphatic rings. The molecule has 2 aromatic rings. The molecule has 0 spiro atoms. The van der Waals surface area contributed by atoms with Crippen LogP contribution in [0.25, 0.3) is 0 Å². The van der Waals surface area contributed by atoms with Crippen molar-refractivity contribution in [1.82, 2.24) is 24.4 Å². The van der Waals surface area contributed by atoms with E-state index in [1.54, 1.807) is 12.4 Å². The first-order chi connectivity index (χ1) is 11.3. The fourth-order valence-corrected chi connectivity index (χ4v) is 3.08. The van der Waals surface area contributed by atoms with Gasteiger partial charge in [-0.25, -0.2) is 19.7 Å². The summed E-state index contributed by atoms with van der Waals surface area (Å²) in [6.07, 6.45) is 11.7. The van der Waals surface area contributed by atoms with E-state index < -0.39 is 0 Å². The number of nitrogens with zero attached hydrogens (tertiary/aromatic N) is 5. The second kappa shape index (κ2) is 5.98. The van der Waals surface area contributed by atoms with Gasteiger partial charge < -0.3 is 9.47 Å². The van der Waals surface area contributed by atoms with Crippen molar-refractivity contribution in [3.63, 3.8) is 0 Å². The fraction of sp³-hybridized carbons (Fsp3) is 0.500. The highest BCUT2D eigenvalue weighted by atomic mass is 16.2. The Morgan fingerprint density at radius 2 is 2.17 bits per heavy atom. The Morgan fingerprint density at radius 1 is 1.26 bits per heavy atom. The third kappa shape index (κ3) is 3.18. The van der Waals surface area contributed by atoms with E-state index in [0.29, 0.717) is 18.4 Å². The maximum absolute atomic E-state index is 12.5. The van der Waals surface area contributed by atoms with Crippen LogP contribution in [0.5, 0.6) is 0 Å². The number of carbonyl (C=O) groups excluding carboxylic acids is 1. The van der Waals surface area contributed by atoms with Crippen molar-refractivity contribution in [3.05, 3.63) is 36.7 Å². The Labute approximate surface area is 134 Å². The first kappa shape index (κ1) is 14.2. The van der Waals surface area contributed by atoms with E-state index in [0.717, 1.165) is 25.1 Å². The molecule has 7 heteroatoms. The van der Waals surface area contributed by atoms with Crippen LogP contribution in [-0.4, -0.2) is 43.5 Å². The number of rotatable bonds is 3. The molecular weight excluding hydrogens is 292 g/mol. The molecule has 2 fully saturated rings. The van der Waals surface area contributed by atoms with Gasteiger partial charge in [0.2, 0.25) is 5.95 Å². The van der Waals surface area contributed by atoms with E-state index in [1.165, 1.54) is 12.8 Å². The molecule has 0 radical (unpaired) electrons. The number of amides is 2. The summed E-state index contributed by atoms with van der Waals surface area (Å²) in [4.78, 5) is 27.0. The van der Waals surface area contributed by atoms with Crippen molar-refractivity contribution < 1.29 is 4.79 Å². The first-order valence-electron chi connectivity index (χ1n) is 8.16. The molecule has 1 atom stereocenters. The largest absolute Gasteiger partial charge is 0.333 e. The molecule has 0 aromatic carbocycles. The van der Waals surface area contributed by atoms with E-state index in [9.17, 15) is 4.79 Å². The lowest BCUT2D eigenvalue weighted by atomic mass is 10.1. The predicted octanol–water partition coefficient (Wildman–Crippen LogP) is 2.42. The zero-order valence-corrected chi connectivity index (χ0v) is 12.9. The number of hydrogen-bond donors (Lipinski definition) is 1. The number of aromatic nitrogens is 4. The summed E-state index contributed by atoms with van der Waals surface area (Å²) in [5.41, 5.74) is 1.03. The minimum absolute atomic E-state index is 0.122. The van der Waals surface area contributed by atoms with Crippen LogP contribution < -0.4 is 5.32 Å². The maximum atomic E-state index is 12.5. The highest BCUT2D eigenvalue weighted by Gasteiger charge is 2.27. The summed E-state index contributed by atoms with van der Waals surface area (Å²) in [5.74, 6) is 0.957. The van der Waals surface area contributed by atoms with Crippen LogP contribution in [0.3, 0.4) is 0 Å². The predicted molar refractivity (Wildman–Crippen MR) is 85.1 cm³/mol. The molecule has 1 aliphatic heterocycles. The van der Waals surface area contributed by atoms with Crippen LogP contribution in [0.2, 0.25) is 0 Å². The smallest absolute Gasteiger partial charge is 0.324 e. The zero-order valence-electron chi connectivity index (χ0n) is 12.9. The van der Waals surface area contributed by atoms with Gasteiger partial charge in [-0.3, -0.25) is 5.32 Å². The van der Waals surface area contributed by atoms with Crippen molar-refractivity contribution in [2.24, 2.45) is 0 Å². The summed E-state index contributed by atoms with van der Waals surface area (Å²) in [7, 11) is 0. The number of nitrogens with one attached hydrogen (secondary N) is 1. The minimum atomic E-state index is -0.122. The Bertz CT molecular complexity index is 682. The first-order valence-corrected chi connectivity index (χ1v) is 8.16. The Morgan fingerprint density at radius 3 is 2.96 bits per heavy atom. The molecule has 1 aliphatic carbocycles. The van der Waals surface area contributed by atoms with Crippen molar-refractivity contribution in [1.29, 1.82) is 0 Å².